The van der Waals surface area contributed by atoms with Crippen molar-refractivity contribution in [2.24, 2.45) is 0 Å². The van der Waals surface area contributed by atoms with Gasteiger partial charge >= 0.3 is 0 Å². The summed E-state index contributed by atoms with van der Waals surface area (Å²) in [5, 5.41) is 0. The largest absolute Gasteiger partial charge is 0.243 e. The van der Waals surface area contributed by atoms with Gasteiger partial charge < -0.3 is 0 Å². The maximum absolute atomic E-state index is 2.83. The van der Waals surface area contributed by atoms with Crippen molar-refractivity contribution in [1.82, 2.24) is 8.61 Å². The van der Waals surface area contributed by atoms with Crippen LogP contribution in [0.3, 0.4) is 0 Å². The van der Waals surface area contributed by atoms with Crippen LogP contribution in [0, 0.1) is 0 Å². The second-order valence-corrected chi connectivity index (χ2v) is 13.8. The molecule has 4 atom stereocenters. The lowest BCUT2D eigenvalue weighted by Gasteiger charge is -2.57. The molecule has 0 heterocycles. The predicted molar refractivity (Wildman–Crippen MR) is 110 cm³/mol. The van der Waals surface area contributed by atoms with Crippen molar-refractivity contribution in [3.8, 4) is 0 Å². The van der Waals surface area contributed by atoms with E-state index in [0.29, 0.717) is 24.2 Å². The summed E-state index contributed by atoms with van der Waals surface area (Å²) in [7, 11) is -0.972. The standard InChI is InChI=1S/C17H39IN2S/c1-10-14(5)19(15(6)11-2)21(9,18)20(16(7)12-3)17(8)13-4/h14-17H,10-13H2,1-9H3. The molecule has 0 amide bonds. The molecule has 0 aliphatic carbocycles. The van der Waals surface area contributed by atoms with Crippen molar-refractivity contribution in [3.05, 3.63) is 0 Å². The number of nitrogens with zero attached hydrogens (tertiary/aromatic N) is 2. The van der Waals surface area contributed by atoms with Gasteiger partial charge in [-0.3, -0.25) is 0 Å². The normalized spacial score (nSPS) is 22.7. The van der Waals surface area contributed by atoms with Crippen LogP contribution in [-0.4, -0.2) is 39.0 Å². The molecule has 0 saturated heterocycles. The number of halogens is 1. The smallest absolute Gasteiger partial charge is 0.0177 e. The van der Waals surface area contributed by atoms with E-state index in [1.165, 1.54) is 25.7 Å². The summed E-state index contributed by atoms with van der Waals surface area (Å²) >= 11 is 2.79. The van der Waals surface area contributed by atoms with Gasteiger partial charge in [0, 0.05) is 45.4 Å². The molecule has 0 aliphatic rings. The SMILES string of the molecule is CCC(C)N(C(C)CC)S(C)(I)N(C(C)CC)C(C)CC. The van der Waals surface area contributed by atoms with E-state index >= 15 is 0 Å². The minimum atomic E-state index is -0.972. The lowest BCUT2D eigenvalue weighted by Crippen LogP contribution is -2.50. The average Bonchev–Trinajstić information content (AvgIpc) is 2.45. The molecule has 0 bridgehead atoms. The van der Waals surface area contributed by atoms with Crippen LogP contribution in [-0.2, 0) is 0 Å². The van der Waals surface area contributed by atoms with E-state index in [2.05, 4.69) is 91.5 Å². The molecule has 0 fully saturated rings. The van der Waals surface area contributed by atoms with Crippen LogP contribution < -0.4 is 0 Å². The van der Waals surface area contributed by atoms with Gasteiger partial charge in [0.15, 0.2) is 0 Å². The van der Waals surface area contributed by atoms with Crippen LogP contribution in [0.15, 0.2) is 0 Å². The third-order valence-corrected chi connectivity index (χ3v) is 10.6. The van der Waals surface area contributed by atoms with E-state index in [1.54, 1.807) is 0 Å². The molecule has 0 spiro atoms. The molecule has 0 rings (SSSR count). The lowest BCUT2D eigenvalue weighted by atomic mass is 10.2. The summed E-state index contributed by atoms with van der Waals surface area (Å²) < 4.78 is 5.65. The Hall–Kier alpha value is 1.00. The van der Waals surface area contributed by atoms with Gasteiger partial charge in [0.25, 0.3) is 0 Å². The molecular weight excluding hydrogens is 391 g/mol. The number of hydrogen-bond donors (Lipinski definition) is 0. The van der Waals surface area contributed by atoms with E-state index in [-0.39, 0.29) is 0 Å². The van der Waals surface area contributed by atoms with Crippen LogP contribution >= 0.6 is 28.8 Å². The van der Waals surface area contributed by atoms with Crippen molar-refractivity contribution >= 4 is 28.8 Å². The van der Waals surface area contributed by atoms with Gasteiger partial charge in [-0.2, -0.15) is 0 Å². The zero-order valence-electron chi connectivity index (χ0n) is 15.8. The number of rotatable bonds is 10. The zero-order valence-corrected chi connectivity index (χ0v) is 18.8. The van der Waals surface area contributed by atoms with Crippen molar-refractivity contribution in [2.45, 2.75) is 105 Å². The average molecular weight is 430 g/mol. The van der Waals surface area contributed by atoms with Crippen LogP contribution in [0.2, 0.25) is 0 Å². The number of hydrogen-bond acceptors (Lipinski definition) is 2. The second kappa shape index (κ2) is 9.99. The van der Waals surface area contributed by atoms with Crippen LogP contribution in [0.25, 0.3) is 0 Å². The van der Waals surface area contributed by atoms with Crippen LogP contribution in [0.4, 0.5) is 0 Å². The highest BCUT2D eigenvalue weighted by Crippen LogP contribution is 2.63. The van der Waals surface area contributed by atoms with Crippen molar-refractivity contribution in [1.29, 1.82) is 0 Å². The summed E-state index contributed by atoms with van der Waals surface area (Å²) in [5.41, 5.74) is 0. The van der Waals surface area contributed by atoms with Gasteiger partial charge in [-0.15, -0.1) is 0 Å². The molecule has 0 aliphatic heterocycles. The molecule has 130 valence electrons. The van der Waals surface area contributed by atoms with Crippen molar-refractivity contribution < 1.29 is 0 Å². The first kappa shape index (κ1) is 22.0. The van der Waals surface area contributed by atoms with Gasteiger partial charge in [-0.25, -0.2) is 8.61 Å². The maximum atomic E-state index is 2.83. The quantitative estimate of drug-likeness (QED) is 0.370. The van der Waals surface area contributed by atoms with E-state index in [1.807, 2.05) is 0 Å². The summed E-state index contributed by atoms with van der Waals surface area (Å²) in [6.07, 6.45) is 7.41. The third kappa shape index (κ3) is 5.54. The second-order valence-electron chi connectivity index (χ2n) is 6.49. The molecular formula is C17H39IN2S. The summed E-state index contributed by atoms with van der Waals surface area (Å²) in [6, 6.07) is 2.58. The Bertz CT molecular complexity index is 240. The first-order valence-electron chi connectivity index (χ1n) is 8.73. The molecule has 0 saturated carbocycles. The Morgan fingerprint density at radius 3 is 1.00 bits per heavy atom. The summed E-state index contributed by atoms with van der Waals surface area (Å²) in [6.45, 7) is 18.9. The highest BCUT2D eigenvalue weighted by atomic mass is 127. The van der Waals surface area contributed by atoms with E-state index in [0.717, 1.165) is 0 Å². The predicted octanol–water partition coefficient (Wildman–Crippen LogP) is 6.40. The van der Waals surface area contributed by atoms with Crippen LogP contribution in [0.5, 0.6) is 0 Å². The van der Waals surface area contributed by atoms with Crippen molar-refractivity contribution in [3.63, 3.8) is 0 Å². The van der Waals surface area contributed by atoms with Gasteiger partial charge in [0.2, 0.25) is 0 Å². The first-order chi connectivity index (χ1) is 9.68. The van der Waals surface area contributed by atoms with Crippen molar-refractivity contribution in [2.75, 3.05) is 6.26 Å². The van der Waals surface area contributed by atoms with E-state index in [9.17, 15) is 0 Å². The summed E-state index contributed by atoms with van der Waals surface area (Å²) in [4.78, 5) is 0. The Morgan fingerprint density at radius 1 is 0.667 bits per heavy atom. The highest BCUT2D eigenvalue weighted by molar-refractivity contribution is 14.2. The Labute approximate surface area is 148 Å². The van der Waals surface area contributed by atoms with Gasteiger partial charge in [0.1, 0.15) is 0 Å². The van der Waals surface area contributed by atoms with Crippen LogP contribution in [0.1, 0.15) is 81.1 Å². The van der Waals surface area contributed by atoms with Gasteiger partial charge in [0.05, 0.1) is 0 Å². The monoisotopic (exact) mass is 430 g/mol. The molecule has 4 unspecified atom stereocenters. The van der Waals surface area contributed by atoms with E-state index in [4.69, 9.17) is 0 Å². The Morgan fingerprint density at radius 2 is 0.857 bits per heavy atom. The molecule has 0 aromatic rings. The maximum Gasteiger partial charge on any atom is 0.0177 e. The molecule has 0 radical (unpaired) electrons. The highest BCUT2D eigenvalue weighted by Gasteiger charge is 2.39. The molecule has 21 heavy (non-hydrogen) atoms. The molecule has 0 aromatic carbocycles. The summed E-state index contributed by atoms with van der Waals surface area (Å²) in [5.74, 6) is 0. The topological polar surface area (TPSA) is 6.48 Å². The molecule has 2 nitrogen and oxygen atoms in total. The third-order valence-electron chi connectivity index (χ3n) is 4.87. The molecule has 0 N–H and O–H groups in total. The zero-order chi connectivity index (χ0) is 16.8. The minimum Gasteiger partial charge on any atom is -0.243 e. The fourth-order valence-electron chi connectivity index (χ4n) is 3.01. The Balaban J connectivity index is 5.66. The Kier molecular flexibility index (Phi) is 10.5. The molecule has 0 aromatic heterocycles. The van der Waals surface area contributed by atoms with E-state index < -0.39 is 7.57 Å². The first-order valence-corrected chi connectivity index (χ1v) is 13.2. The van der Waals surface area contributed by atoms with Gasteiger partial charge in [-0.05, 0) is 59.6 Å². The minimum absolute atomic E-state index is 0.646. The molecule has 4 heteroatoms. The lowest BCUT2D eigenvalue weighted by molar-refractivity contribution is 0.231. The fourth-order valence-corrected chi connectivity index (χ4v) is 11.1. The fraction of sp³-hybridized carbons (Fsp3) is 1.00. The van der Waals surface area contributed by atoms with Gasteiger partial charge in [-0.1, -0.05) is 35.3 Å².